The molecular weight excluding hydrogens is 198 g/mol. The molecule has 0 heterocycles. The number of carbonyl (C=O) groups is 1. The number of hydrogen-bond acceptors (Lipinski definition) is 1. The van der Waals surface area contributed by atoms with E-state index in [4.69, 9.17) is 0 Å². The SMILES string of the molecule is CC=CC(=O)Nc1ccc(C(C)CC)cc1. The Balaban J connectivity index is 2.68. The Morgan fingerprint density at radius 2 is 2.00 bits per heavy atom. The van der Waals surface area contributed by atoms with Gasteiger partial charge < -0.3 is 5.32 Å². The Labute approximate surface area is 97.4 Å². The van der Waals surface area contributed by atoms with Crippen molar-refractivity contribution in [1.82, 2.24) is 0 Å². The molecule has 1 aromatic carbocycles. The Bertz CT molecular complexity index is 365. The highest BCUT2D eigenvalue weighted by atomic mass is 16.1. The molecule has 0 saturated carbocycles. The molecule has 0 aliphatic heterocycles. The molecule has 1 aromatic rings. The van der Waals surface area contributed by atoms with Crippen molar-refractivity contribution >= 4 is 11.6 Å². The van der Waals surface area contributed by atoms with Crippen molar-refractivity contribution in [2.45, 2.75) is 33.1 Å². The van der Waals surface area contributed by atoms with Gasteiger partial charge in [-0.25, -0.2) is 0 Å². The largest absolute Gasteiger partial charge is 0.323 e. The molecule has 0 radical (unpaired) electrons. The zero-order valence-electron chi connectivity index (χ0n) is 10.2. The summed E-state index contributed by atoms with van der Waals surface area (Å²) in [6.45, 7) is 6.20. The van der Waals surface area contributed by atoms with Gasteiger partial charge in [0.1, 0.15) is 0 Å². The van der Waals surface area contributed by atoms with Gasteiger partial charge in [0.25, 0.3) is 0 Å². The predicted molar refractivity (Wildman–Crippen MR) is 68.6 cm³/mol. The van der Waals surface area contributed by atoms with Gasteiger partial charge >= 0.3 is 0 Å². The molecule has 1 N–H and O–H groups in total. The minimum absolute atomic E-state index is 0.0845. The van der Waals surface area contributed by atoms with Crippen LogP contribution < -0.4 is 5.32 Å². The van der Waals surface area contributed by atoms with Crippen LogP contribution in [0.2, 0.25) is 0 Å². The van der Waals surface area contributed by atoms with E-state index in [1.807, 2.05) is 19.1 Å². The Morgan fingerprint density at radius 1 is 1.38 bits per heavy atom. The third-order valence-corrected chi connectivity index (χ3v) is 2.68. The molecule has 86 valence electrons. The van der Waals surface area contributed by atoms with E-state index in [9.17, 15) is 4.79 Å². The van der Waals surface area contributed by atoms with Gasteiger partial charge in [-0.3, -0.25) is 4.79 Å². The van der Waals surface area contributed by atoms with Crippen molar-refractivity contribution in [2.75, 3.05) is 5.32 Å². The zero-order chi connectivity index (χ0) is 12.0. The average molecular weight is 217 g/mol. The molecule has 0 bridgehead atoms. The highest BCUT2D eigenvalue weighted by molar-refractivity contribution is 5.99. The number of carbonyl (C=O) groups excluding carboxylic acids is 1. The first kappa shape index (κ1) is 12.5. The molecular formula is C14H19NO. The lowest BCUT2D eigenvalue weighted by Crippen LogP contribution is -2.07. The summed E-state index contributed by atoms with van der Waals surface area (Å²) in [5.41, 5.74) is 2.15. The van der Waals surface area contributed by atoms with Crippen molar-refractivity contribution in [1.29, 1.82) is 0 Å². The highest BCUT2D eigenvalue weighted by Gasteiger charge is 2.02. The van der Waals surface area contributed by atoms with Crippen LogP contribution in [0.1, 0.15) is 38.7 Å². The quantitative estimate of drug-likeness (QED) is 0.765. The van der Waals surface area contributed by atoms with E-state index < -0.39 is 0 Å². The van der Waals surface area contributed by atoms with E-state index in [0.29, 0.717) is 5.92 Å². The minimum Gasteiger partial charge on any atom is -0.323 e. The lowest BCUT2D eigenvalue weighted by Gasteiger charge is -2.09. The van der Waals surface area contributed by atoms with Gasteiger partial charge in [0.15, 0.2) is 0 Å². The van der Waals surface area contributed by atoms with Gasteiger partial charge in [0.05, 0.1) is 0 Å². The number of allylic oxidation sites excluding steroid dienone is 1. The highest BCUT2D eigenvalue weighted by Crippen LogP contribution is 2.20. The van der Waals surface area contributed by atoms with Crippen molar-refractivity contribution in [3.8, 4) is 0 Å². The monoisotopic (exact) mass is 217 g/mol. The van der Waals surface area contributed by atoms with Crippen LogP contribution in [-0.4, -0.2) is 5.91 Å². The van der Waals surface area contributed by atoms with Crippen LogP contribution in [0.25, 0.3) is 0 Å². The number of rotatable bonds is 4. The second-order valence-electron chi connectivity index (χ2n) is 3.92. The van der Waals surface area contributed by atoms with Crippen LogP contribution in [0.5, 0.6) is 0 Å². The summed E-state index contributed by atoms with van der Waals surface area (Å²) in [6, 6.07) is 8.03. The summed E-state index contributed by atoms with van der Waals surface area (Å²) in [7, 11) is 0. The van der Waals surface area contributed by atoms with E-state index >= 15 is 0 Å². The molecule has 1 amide bonds. The maximum absolute atomic E-state index is 11.3. The summed E-state index contributed by atoms with van der Waals surface area (Å²) < 4.78 is 0. The molecule has 2 nitrogen and oxygen atoms in total. The molecule has 0 saturated heterocycles. The second-order valence-corrected chi connectivity index (χ2v) is 3.92. The first-order valence-corrected chi connectivity index (χ1v) is 5.71. The summed E-state index contributed by atoms with van der Waals surface area (Å²) in [5.74, 6) is 0.485. The second kappa shape index (κ2) is 6.11. The fourth-order valence-electron chi connectivity index (χ4n) is 1.47. The topological polar surface area (TPSA) is 29.1 Å². The van der Waals surface area contributed by atoms with Crippen LogP contribution in [0.4, 0.5) is 5.69 Å². The first-order chi connectivity index (χ1) is 7.67. The van der Waals surface area contributed by atoms with Crippen molar-refractivity contribution < 1.29 is 4.79 Å². The van der Waals surface area contributed by atoms with Crippen molar-refractivity contribution in [3.63, 3.8) is 0 Å². The molecule has 0 aromatic heterocycles. The molecule has 0 spiro atoms. The number of hydrogen-bond donors (Lipinski definition) is 1. The Morgan fingerprint density at radius 3 is 2.50 bits per heavy atom. The third kappa shape index (κ3) is 3.54. The van der Waals surface area contributed by atoms with Gasteiger partial charge in [-0.15, -0.1) is 0 Å². The van der Waals surface area contributed by atoms with Crippen LogP contribution in [0.3, 0.4) is 0 Å². The van der Waals surface area contributed by atoms with Crippen molar-refractivity contribution in [2.24, 2.45) is 0 Å². The van der Waals surface area contributed by atoms with Crippen LogP contribution in [0, 0.1) is 0 Å². The predicted octanol–water partition coefficient (Wildman–Crippen LogP) is 3.71. The van der Waals surface area contributed by atoms with E-state index in [1.54, 1.807) is 6.08 Å². The van der Waals surface area contributed by atoms with Gasteiger partial charge in [0.2, 0.25) is 5.91 Å². The molecule has 0 aliphatic rings. The number of amides is 1. The van der Waals surface area contributed by atoms with Gasteiger partial charge in [-0.1, -0.05) is 32.1 Å². The average Bonchev–Trinajstić information content (AvgIpc) is 2.29. The molecule has 1 unspecified atom stereocenters. The van der Waals surface area contributed by atoms with Crippen LogP contribution >= 0.6 is 0 Å². The maximum Gasteiger partial charge on any atom is 0.248 e. The number of nitrogens with one attached hydrogen (secondary N) is 1. The zero-order valence-corrected chi connectivity index (χ0v) is 10.2. The summed E-state index contributed by atoms with van der Waals surface area (Å²) in [6.07, 6.45) is 4.37. The molecule has 1 rings (SSSR count). The standard InChI is InChI=1S/C14H19NO/c1-4-6-14(16)15-13-9-7-12(8-10-13)11(3)5-2/h4,6-11H,5H2,1-3H3,(H,15,16). The smallest absolute Gasteiger partial charge is 0.248 e. The number of benzene rings is 1. The molecule has 1 atom stereocenters. The third-order valence-electron chi connectivity index (χ3n) is 2.68. The molecule has 2 heteroatoms. The molecule has 16 heavy (non-hydrogen) atoms. The van der Waals surface area contributed by atoms with Crippen LogP contribution in [0.15, 0.2) is 36.4 Å². The van der Waals surface area contributed by atoms with Crippen LogP contribution in [-0.2, 0) is 4.79 Å². The van der Waals surface area contributed by atoms with Gasteiger partial charge in [-0.2, -0.15) is 0 Å². The molecule has 0 aliphatic carbocycles. The minimum atomic E-state index is -0.0845. The van der Waals surface area contributed by atoms with E-state index in [-0.39, 0.29) is 5.91 Å². The van der Waals surface area contributed by atoms with E-state index in [1.165, 1.54) is 11.6 Å². The van der Waals surface area contributed by atoms with E-state index in [2.05, 4.69) is 31.3 Å². The van der Waals surface area contributed by atoms with E-state index in [0.717, 1.165) is 12.1 Å². The first-order valence-electron chi connectivity index (χ1n) is 5.71. The normalized spacial score (nSPS) is 12.7. The van der Waals surface area contributed by atoms with Gasteiger partial charge in [-0.05, 0) is 43.0 Å². The maximum atomic E-state index is 11.3. The molecule has 0 fully saturated rings. The fourth-order valence-corrected chi connectivity index (χ4v) is 1.47. The van der Waals surface area contributed by atoms with Gasteiger partial charge in [0, 0.05) is 5.69 Å². The summed E-state index contributed by atoms with van der Waals surface area (Å²) >= 11 is 0. The lowest BCUT2D eigenvalue weighted by atomic mass is 9.99. The lowest BCUT2D eigenvalue weighted by molar-refractivity contribution is -0.111. The fraction of sp³-hybridized carbons (Fsp3) is 0.357. The summed E-state index contributed by atoms with van der Waals surface area (Å²) in [4.78, 5) is 11.3. The Hall–Kier alpha value is -1.57. The summed E-state index contributed by atoms with van der Waals surface area (Å²) in [5, 5.41) is 2.80. The van der Waals surface area contributed by atoms with Crippen molar-refractivity contribution in [3.05, 3.63) is 42.0 Å². The number of anilines is 1. The Kier molecular flexibility index (Phi) is 4.77.